The Kier molecular flexibility index (Phi) is 4.25. The van der Waals surface area contributed by atoms with Gasteiger partial charge in [-0.25, -0.2) is 9.79 Å². The number of carbonyl (C=O) groups is 1. The van der Waals surface area contributed by atoms with Crippen LogP contribution in [0.2, 0.25) is 0 Å². The zero-order valence-electron chi connectivity index (χ0n) is 11.2. The number of hydrogen-bond acceptors (Lipinski definition) is 3. The summed E-state index contributed by atoms with van der Waals surface area (Å²) in [5.41, 5.74) is 18.7. The van der Waals surface area contributed by atoms with Gasteiger partial charge in [0, 0.05) is 17.1 Å². The average molecular weight is 284 g/mol. The summed E-state index contributed by atoms with van der Waals surface area (Å²) >= 11 is 0. The standard InChI is InChI=1S/C14H16N6O/c15-9-1-3-11(4-2-9)19-14(21)20-12-7-5-10(6-8-12)18-13(16)17/h1-8H,15H2,(H4,16,17,18)(H2,19,20,21). The molecular formula is C14H16N6O. The lowest BCUT2D eigenvalue weighted by atomic mass is 10.3. The van der Waals surface area contributed by atoms with E-state index in [0.29, 0.717) is 22.7 Å². The number of rotatable bonds is 3. The number of nitrogens with two attached hydrogens (primary N) is 3. The Balaban J connectivity index is 1.96. The Hall–Kier alpha value is -3.22. The van der Waals surface area contributed by atoms with Gasteiger partial charge in [-0.05, 0) is 48.5 Å². The van der Waals surface area contributed by atoms with Crippen LogP contribution in [0.5, 0.6) is 0 Å². The van der Waals surface area contributed by atoms with E-state index in [-0.39, 0.29) is 12.0 Å². The Morgan fingerprint density at radius 3 is 1.81 bits per heavy atom. The molecule has 0 radical (unpaired) electrons. The van der Waals surface area contributed by atoms with Crippen molar-refractivity contribution in [1.82, 2.24) is 0 Å². The fourth-order valence-electron chi connectivity index (χ4n) is 1.63. The summed E-state index contributed by atoms with van der Waals surface area (Å²) in [4.78, 5) is 15.7. The highest BCUT2D eigenvalue weighted by Gasteiger charge is 2.02. The number of nitrogens with one attached hydrogen (secondary N) is 2. The molecule has 0 spiro atoms. The van der Waals surface area contributed by atoms with Crippen LogP contribution in [0.15, 0.2) is 53.5 Å². The second-order valence-corrected chi connectivity index (χ2v) is 4.28. The minimum absolute atomic E-state index is 0.0168. The van der Waals surface area contributed by atoms with Crippen LogP contribution in [0.1, 0.15) is 0 Å². The first-order valence-electron chi connectivity index (χ1n) is 6.16. The maximum absolute atomic E-state index is 11.8. The maximum atomic E-state index is 11.8. The van der Waals surface area contributed by atoms with Gasteiger partial charge in [-0.3, -0.25) is 0 Å². The van der Waals surface area contributed by atoms with Crippen molar-refractivity contribution in [2.45, 2.75) is 0 Å². The highest BCUT2D eigenvalue weighted by Crippen LogP contribution is 2.16. The Labute approximate surface area is 121 Å². The van der Waals surface area contributed by atoms with Crippen LogP contribution in [0.4, 0.5) is 27.5 Å². The average Bonchev–Trinajstić information content (AvgIpc) is 2.43. The predicted octanol–water partition coefficient (Wildman–Crippen LogP) is 1.82. The van der Waals surface area contributed by atoms with Crippen LogP contribution in [-0.4, -0.2) is 12.0 Å². The fourth-order valence-corrected chi connectivity index (χ4v) is 1.63. The van der Waals surface area contributed by atoms with Crippen molar-refractivity contribution in [2.75, 3.05) is 16.4 Å². The van der Waals surface area contributed by atoms with Crippen molar-refractivity contribution in [2.24, 2.45) is 16.5 Å². The maximum Gasteiger partial charge on any atom is 0.323 e. The molecule has 0 atom stereocenters. The van der Waals surface area contributed by atoms with Crippen LogP contribution in [-0.2, 0) is 0 Å². The molecule has 0 aromatic heterocycles. The van der Waals surface area contributed by atoms with Gasteiger partial charge in [0.1, 0.15) is 0 Å². The number of guanidine groups is 1. The molecule has 2 amide bonds. The van der Waals surface area contributed by atoms with Gasteiger partial charge in [-0.15, -0.1) is 0 Å². The number of urea groups is 1. The van der Waals surface area contributed by atoms with Crippen LogP contribution < -0.4 is 27.8 Å². The van der Waals surface area contributed by atoms with Gasteiger partial charge in [0.25, 0.3) is 0 Å². The van der Waals surface area contributed by atoms with Crippen LogP contribution in [0, 0.1) is 0 Å². The van der Waals surface area contributed by atoms with Gasteiger partial charge >= 0.3 is 6.03 Å². The Morgan fingerprint density at radius 1 is 0.857 bits per heavy atom. The summed E-state index contributed by atoms with van der Waals surface area (Å²) in [5, 5.41) is 5.38. The molecule has 0 aliphatic carbocycles. The number of carbonyl (C=O) groups excluding carboxylic acids is 1. The lowest BCUT2D eigenvalue weighted by molar-refractivity contribution is 0.262. The molecule has 0 aliphatic heterocycles. The van der Waals surface area contributed by atoms with Gasteiger partial charge in [-0.1, -0.05) is 0 Å². The highest BCUT2D eigenvalue weighted by atomic mass is 16.2. The van der Waals surface area contributed by atoms with Gasteiger partial charge in [0.05, 0.1) is 5.69 Å². The summed E-state index contributed by atoms with van der Waals surface area (Å²) in [7, 11) is 0. The van der Waals surface area contributed by atoms with Crippen molar-refractivity contribution >= 4 is 34.7 Å². The lowest BCUT2D eigenvalue weighted by Crippen LogP contribution is -2.21. The van der Waals surface area contributed by atoms with E-state index in [2.05, 4.69) is 15.6 Å². The van der Waals surface area contributed by atoms with E-state index < -0.39 is 0 Å². The first kappa shape index (κ1) is 14.2. The van der Waals surface area contributed by atoms with E-state index in [9.17, 15) is 4.79 Å². The van der Waals surface area contributed by atoms with E-state index in [1.807, 2.05) is 0 Å². The molecular weight excluding hydrogens is 268 g/mol. The number of nitrogen functional groups attached to an aromatic ring is 1. The van der Waals surface area contributed by atoms with E-state index in [4.69, 9.17) is 17.2 Å². The highest BCUT2D eigenvalue weighted by molar-refractivity contribution is 5.99. The molecule has 21 heavy (non-hydrogen) atoms. The van der Waals surface area contributed by atoms with E-state index in [1.165, 1.54) is 0 Å². The lowest BCUT2D eigenvalue weighted by Gasteiger charge is -2.08. The number of amides is 2. The first-order chi connectivity index (χ1) is 10.0. The summed E-state index contributed by atoms with van der Waals surface area (Å²) in [6, 6.07) is 13.3. The molecule has 8 N–H and O–H groups in total. The zero-order chi connectivity index (χ0) is 15.2. The first-order valence-corrected chi connectivity index (χ1v) is 6.16. The molecule has 108 valence electrons. The molecule has 0 aliphatic rings. The van der Waals surface area contributed by atoms with Crippen molar-refractivity contribution in [3.05, 3.63) is 48.5 Å². The number of hydrogen-bond donors (Lipinski definition) is 5. The number of anilines is 3. The molecule has 0 heterocycles. The van der Waals surface area contributed by atoms with Crippen LogP contribution in [0.25, 0.3) is 0 Å². The van der Waals surface area contributed by atoms with Crippen LogP contribution >= 0.6 is 0 Å². The summed E-state index contributed by atoms with van der Waals surface area (Å²) in [6.07, 6.45) is 0. The van der Waals surface area contributed by atoms with Crippen molar-refractivity contribution in [1.29, 1.82) is 0 Å². The molecule has 2 rings (SSSR count). The van der Waals surface area contributed by atoms with Gasteiger partial charge < -0.3 is 27.8 Å². The van der Waals surface area contributed by atoms with Crippen molar-refractivity contribution in [3.8, 4) is 0 Å². The normalized spacial score (nSPS) is 9.71. The van der Waals surface area contributed by atoms with E-state index in [0.717, 1.165) is 0 Å². The number of nitrogens with zero attached hydrogens (tertiary/aromatic N) is 1. The van der Waals surface area contributed by atoms with Crippen molar-refractivity contribution < 1.29 is 4.79 Å². The Morgan fingerprint density at radius 2 is 1.33 bits per heavy atom. The van der Waals surface area contributed by atoms with Gasteiger partial charge in [0.2, 0.25) is 0 Å². The SMILES string of the molecule is NC(N)=Nc1ccc(NC(=O)Nc2ccc(N)cc2)cc1. The third kappa shape index (κ3) is 4.43. The largest absolute Gasteiger partial charge is 0.399 e. The molecule has 0 unspecified atom stereocenters. The van der Waals surface area contributed by atoms with Crippen molar-refractivity contribution in [3.63, 3.8) is 0 Å². The summed E-state index contributed by atoms with van der Waals surface area (Å²) in [6.45, 7) is 0. The second-order valence-electron chi connectivity index (χ2n) is 4.28. The topological polar surface area (TPSA) is 132 Å². The monoisotopic (exact) mass is 284 g/mol. The summed E-state index contributed by atoms with van der Waals surface area (Å²) < 4.78 is 0. The predicted molar refractivity (Wildman–Crippen MR) is 85.4 cm³/mol. The third-order valence-corrected chi connectivity index (χ3v) is 2.55. The molecule has 2 aromatic carbocycles. The van der Waals surface area contributed by atoms with E-state index in [1.54, 1.807) is 48.5 Å². The van der Waals surface area contributed by atoms with Gasteiger partial charge in [-0.2, -0.15) is 0 Å². The molecule has 0 saturated heterocycles. The van der Waals surface area contributed by atoms with E-state index >= 15 is 0 Å². The molecule has 0 saturated carbocycles. The number of aliphatic imine (C=N–C) groups is 1. The summed E-state index contributed by atoms with van der Waals surface area (Å²) in [5.74, 6) is -0.0168. The smallest absolute Gasteiger partial charge is 0.323 e. The minimum atomic E-state index is -0.352. The molecule has 7 nitrogen and oxygen atoms in total. The fraction of sp³-hybridized carbons (Fsp3) is 0. The third-order valence-electron chi connectivity index (χ3n) is 2.55. The number of benzene rings is 2. The zero-order valence-corrected chi connectivity index (χ0v) is 11.2. The molecule has 7 heteroatoms. The Bertz CT molecular complexity index is 644. The molecule has 2 aromatic rings. The van der Waals surface area contributed by atoms with Gasteiger partial charge in [0.15, 0.2) is 5.96 Å². The van der Waals surface area contributed by atoms with Crippen LogP contribution in [0.3, 0.4) is 0 Å². The molecule has 0 bridgehead atoms. The quantitative estimate of drug-likeness (QED) is 0.334. The second kappa shape index (κ2) is 6.29. The molecule has 0 fully saturated rings. The minimum Gasteiger partial charge on any atom is -0.399 e.